The number of hydrogen-bond acceptors (Lipinski definition) is 13. The molecule has 0 aromatic heterocycles. The zero-order chi connectivity index (χ0) is 86.1. The fourth-order valence-corrected chi connectivity index (χ4v) is 28.3. The summed E-state index contributed by atoms with van der Waals surface area (Å²) in [7, 11) is -12.4. The summed E-state index contributed by atoms with van der Waals surface area (Å²) in [5.41, 5.74) is -3.81. The molecule has 6 aromatic rings. The van der Waals surface area contributed by atoms with Crippen LogP contribution in [0.25, 0.3) is 22.3 Å². The maximum absolute atomic E-state index is 15.6. The number of halogens is 10. The fraction of sp³-hybridized carbons (Fsp3) is 0.556. The number of ether oxygens (including phenoxy) is 4. The van der Waals surface area contributed by atoms with Crippen molar-refractivity contribution in [3.63, 3.8) is 0 Å². The minimum Gasteiger partial charge on any atom is -0.385 e. The highest BCUT2D eigenvalue weighted by Gasteiger charge is 2.81. The van der Waals surface area contributed by atoms with Gasteiger partial charge < -0.3 is 39.4 Å². The number of nitrogens with zero attached hydrogens (tertiary/aromatic N) is 2. The third-order valence-corrected chi connectivity index (χ3v) is 36.1. The maximum Gasteiger partial charge on any atom is 0.456 e. The topological polar surface area (TPSA) is 228 Å². The van der Waals surface area contributed by atoms with Crippen LogP contribution in [0.2, 0.25) is 0 Å². The summed E-state index contributed by atoms with van der Waals surface area (Å²) in [4.78, 5) is 0.975. The van der Waals surface area contributed by atoms with Crippen molar-refractivity contribution in [3.8, 4) is 22.3 Å². The van der Waals surface area contributed by atoms with E-state index in [1.165, 1.54) is 44.4 Å². The number of rotatable bonds is 12. The van der Waals surface area contributed by atoms with E-state index in [-0.39, 0.29) is 76.9 Å². The predicted octanol–water partition coefficient (Wildman–Crippen LogP) is 19.8. The Morgan fingerprint density at radius 2 is 0.756 bits per heavy atom. The molecule has 6 aromatic carbocycles. The lowest BCUT2D eigenvalue weighted by molar-refractivity contribution is -0.362. The molecule has 10 aliphatic rings. The van der Waals surface area contributed by atoms with Crippen molar-refractivity contribution in [1.29, 1.82) is 0 Å². The Morgan fingerprint density at radius 1 is 0.429 bits per heavy atom. The van der Waals surface area contributed by atoms with Gasteiger partial charge >= 0.3 is 24.2 Å². The number of sulfonamides is 2. The summed E-state index contributed by atoms with van der Waals surface area (Å²) in [5.74, 6) is -16.2. The molecule has 29 heteroatoms. The van der Waals surface area contributed by atoms with Crippen LogP contribution in [0.3, 0.4) is 0 Å². The molecule has 0 bridgehead atoms. The van der Waals surface area contributed by atoms with Gasteiger partial charge in [0.15, 0.2) is 11.6 Å². The summed E-state index contributed by atoms with van der Waals surface area (Å²) >= 11 is 0. The van der Waals surface area contributed by atoms with Crippen LogP contribution in [0.4, 0.5) is 43.9 Å². The van der Waals surface area contributed by atoms with Crippen molar-refractivity contribution in [2.24, 2.45) is 52.9 Å². The second-order valence-corrected chi connectivity index (χ2v) is 45.2. The summed E-state index contributed by atoms with van der Waals surface area (Å²) in [6.07, 6.45) is -7.28. The monoisotopic (exact) mass is 1740 g/mol. The zero-order valence-corrected chi connectivity index (χ0v) is 71.5. The minimum absolute atomic E-state index is 0.00971. The van der Waals surface area contributed by atoms with Gasteiger partial charge in [-0.2, -0.15) is 60.7 Å². The zero-order valence-electron chi connectivity index (χ0n) is 68.2. The van der Waals surface area contributed by atoms with Crippen LogP contribution in [-0.4, -0.2) is 139 Å². The minimum atomic E-state index is -5.96. The molecule has 0 radical (unpaired) electrons. The Labute approximate surface area is 692 Å². The van der Waals surface area contributed by atoms with Gasteiger partial charge in [-0.3, -0.25) is 0 Å². The largest absolute Gasteiger partial charge is 0.456 e. The van der Waals surface area contributed by atoms with Gasteiger partial charge in [-0.25, -0.2) is 4.21 Å². The Morgan fingerprint density at radius 3 is 1.11 bits per heavy atom. The number of aliphatic hydroxyl groups is 4. The van der Waals surface area contributed by atoms with Gasteiger partial charge in [0.25, 0.3) is 20.0 Å². The quantitative estimate of drug-likeness (QED) is 0.0661. The van der Waals surface area contributed by atoms with Crippen molar-refractivity contribution in [1.82, 2.24) is 0 Å². The number of aryl methyl sites for hydroxylation is 2. The Bertz CT molecular complexity index is 5380. The van der Waals surface area contributed by atoms with Crippen molar-refractivity contribution >= 4 is 40.5 Å². The van der Waals surface area contributed by atoms with Gasteiger partial charge in [0, 0.05) is 75.2 Å². The molecule has 646 valence electrons. The molecule has 6 saturated carbocycles. The number of fused-ring (bicyclic) bond motifs is 8. The molecule has 2 saturated heterocycles. The normalized spacial score (nSPS) is 32.4. The number of alkyl halides is 10. The summed E-state index contributed by atoms with van der Waals surface area (Å²) in [5, 5.41) is 48.4. The molecule has 4 N–H and O–H groups in total. The van der Waals surface area contributed by atoms with E-state index in [1.54, 1.807) is 79.1 Å². The van der Waals surface area contributed by atoms with Crippen LogP contribution in [0, 0.1) is 59.2 Å². The molecule has 0 amide bonds. The lowest BCUT2D eigenvalue weighted by Crippen LogP contribution is -2.65. The van der Waals surface area contributed by atoms with Gasteiger partial charge in [-0.1, -0.05) is 172 Å². The highest BCUT2D eigenvalue weighted by Crippen LogP contribution is 2.74. The lowest BCUT2D eigenvalue weighted by atomic mass is 9.49. The molecule has 2 heterocycles. The van der Waals surface area contributed by atoms with Gasteiger partial charge in [0.2, 0.25) is 0 Å². The summed E-state index contributed by atoms with van der Waals surface area (Å²) < 4.78 is 246. The van der Waals surface area contributed by atoms with Crippen LogP contribution >= 0.6 is 0 Å². The highest BCUT2D eigenvalue weighted by atomic mass is 32.3. The maximum atomic E-state index is 15.6. The molecule has 15 nitrogen and oxygen atoms in total. The molecular formula is C90H104F10N2O13S4. The Balaban J connectivity index is 0.000000186. The standard InChI is InChI=1S/C45H52F5NO7S2.C45H52F5NO6S2/c1-28-6-14-33(15-7-28)60(55,56)51-59(5,54)32-16-12-30(13-17-32)29-8-10-31(11-9-29)35-24-40(4)36(20-23-43(40,53)44(46,47)45(48,49)50)34-18-21-41(52)25-42(22-19-37(41)38(34)35)57-26-39(2,3)27-58-42;1-28-6-16-33(17-7-28)59(54,55)51-58(5)32-14-12-30(13-15-32)29-8-10-31(11-9-29)35-24-40(4)36(20-23-43(40,53)44(46,47)45(48,49)50)34-18-21-41(52)25-42(22-19-37(41)38(34)35)56-26-39(2,3)27-57-42/h6-17,34-36,52-53H,18-27H2,1-5H3;6-17,34-36,52-53H,18-27H2,1-5H3/t34?,35-,36?,40+,41-,43+,59?;34?,35-,36?,40+,41-,43+,58?/m11/s1. The van der Waals surface area contributed by atoms with E-state index in [2.05, 4.69) is 7.54 Å². The molecule has 119 heavy (non-hydrogen) atoms. The average Bonchev–Trinajstić information content (AvgIpc) is 1.62. The molecule has 2 aliphatic heterocycles. The van der Waals surface area contributed by atoms with Crippen molar-refractivity contribution < 1.29 is 104 Å². The van der Waals surface area contributed by atoms with Crippen LogP contribution in [-0.2, 0) is 59.4 Å². The van der Waals surface area contributed by atoms with E-state index in [9.17, 15) is 67.8 Å². The third-order valence-electron chi connectivity index (χ3n) is 28.7. The van der Waals surface area contributed by atoms with Gasteiger partial charge in [-0.05, 0) is 214 Å². The molecule has 6 unspecified atom stereocenters. The molecule has 2 spiro atoms. The summed E-state index contributed by atoms with van der Waals surface area (Å²) in [6, 6.07) is 41.1. The average molecular weight is 1740 g/mol. The SMILES string of the molecule is Cc1ccc(S(=O)(=O)N=S(C)(=O)c2ccc(-c3ccc([C@H]4C[C@@]5(C)C(CC[C@@]5(O)C(F)(F)C(F)(F)F)C5CC[C@@]6(O)CC7(CCC6=C54)OCC(C)(C)CO7)cc3)cc2)cc1.Cc1ccc(S(=O)(=O)N=S(C)c2ccc(-c3ccc([C@H]4C[C@@]5(C)C(CC[C@@]5(O)C(F)(F)C(F)(F)F)C5CC[C@@]6(O)CC7(CCC6=C54)OCC(C)(C)CO7)cc3)cc2)cc1. The van der Waals surface area contributed by atoms with Crippen LogP contribution < -0.4 is 0 Å². The molecule has 8 aliphatic carbocycles. The van der Waals surface area contributed by atoms with Crippen molar-refractivity contribution in [2.45, 2.75) is 248 Å². The van der Waals surface area contributed by atoms with E-state index in [4.69, 9.17) is 18.9 Å². The molecule has 14 atom stereocenters. The van der Waals surface area contributed by atoms with E-state index in [1.807, 2.05) is 90.1 Å². The predicted molar refractivity (Wildman–Crippen MR) is 431 cm³/mol. The first-order chi connectivity index (χ1) is 55.2. The molecule has 8 fully saturated rings. The first-order valence-electron chi connectivity index (χ1n) is 40.7. The molecule has 16 rings (SSSR count). The second-order valence-electron chi connectivity index (χ2n) is 37.7. The van der Waals surface area contributed by atoms with Crippen molar-refractivity contribution in [2.75, 3.05) is 38.9 Å². The molecular weight excluding hydrogens is 1640 g/mol. The smallest absolute Gasteiger partial charge is 0.385 e. The van der Waals surface area contributed by atoms with Gasteiger partial charge in [0.1, 0.15) is 11.2 Å². The Hall–Kier alpha value is -6.22. The van der Waals surface area contributed by atoms with Crippen LogP contribution in [0.15, 0.2) is 195 Å². The Kier molecular flexibility index (Phi) is 21.9. The number of benzene rings is 6. The van der Waals surface area contributed by atoms with Crippen molar-refractivity contribution in [3.05, 3.63) is 190 Å². The van der Waals surface area contributed by atoms with Gasteiger partial charge in [0.05, 0.1) is 57.1 Å². The van der Waals surface area contributed by atoms with E-state index < -0.39 is 158 Å². The van der Waals surface area contributed by atoms with Gasteiger partial charge in [-0.15, -0.1) is 7.54 Å². The van der Waals surface area contributed by atoms with E-state index >= 15 is 17.6 Å². The fourth-order valence-electron chi connectivity index (χ4n) is 22.1. The second kappa shape index (κ2) is 29.7. The third kappa shape index (κ3) is 15.1. The first-order valence-corrected chi connectivity index (χ1v) is 47.1. The van der Waals surface area contributed by atoms with E-state index in [0.29, 0.717) is 87.2 Å². The van der Waals surface area contributed by atoms with Crippen LogP contribution in [0.1, 0.15) is 178 Å². The first kappa shape index (κ1) is 87.7. The number of hydrogen-bond donors (Lipinski definition) is 4. The lowest BCUT2D eigenvalue weighted by Gasteiger charge is -2.59. The van der Waals surface area contributed by atoms with E-state index in [0.717, 1.165) is 49.4 Å². The highest BCUT2D eigenvalue weighted by molar-refractivity contribution is 8.03. The number of allylic oxidation sites excluding steroid dienone is 2. The summed E-state index contributed by atoms with van der Waals surface area (Å²) in [6.45, 7) is 16.5. The van der Waals surface area contributed by atoms with Crippen LogP contribution in [0.5, 0.6) is 0 Å².